The number of aryl methyl sites for hydroxylation is 1. The molecule has 66 valence electrons. The van der Waals surface area contributed by atoms with Gasteiger partial charge in [0.2, 0.25) is 0 Å². The van der Waals surface area contributed by atoms with Crippen molar-refractivity contribution >= 4 is 0 Å². The molecule has 0 fully saturated rings. The summed E-state index contributed by atoms with van der Waals surface area (Å²) >= 11 is 0. The summed E-state index contributed by atoms with van der Waals surface area (Å²) in [7, 11) is 1.58. The van der Waals surface area contributed by atoms with Gasteiger partial charge < -0.3 is 14.9 Å². The quantitative estimate of drug-likeness (QED) is 0.659. The summed E-state index contributed by atoms with van der Waals surface area (Å²) in [5.74, 6) is -0.156. The Morgan fingerprint density at radius 3 is 2.50 bits per heavy atom. The van der Waals surface area contributed by atoms with Crippen molar-refractivity contribution in [2.75, 3.05) is 7.11 Å². The zero-order valence-corrected chi connectivity index (χ0v) is 7.16. The lowest BCUT2D eigenvalue weighted by molar-refractivity contribution is 0.184. The van der Waals surface area contributed by atoms with E-state index in [1.54, 1.807) is 20.1 Å². The first-order chi connectivity index (χ1) is 5.65. The normalized spacial score (nSPS) is 10.2. The summed E-state index contributed by atoms with van der Waals surface area (Å²) in [5.41, 5.74) is 1.51. The van der Waals surface area contributed by atoms with Crippen molar-refractivity contribution in [2.45, 2.75) is 13.5 Å². The average Bonchev–Trinajstić information content (AvgIpc) is 2.01. The molecule has 0 unspecified atom stereocenters. The molecular formula is C9H12O3. The van der Waals surface area contributed by atoms with Gasteiger partial charge in [0.05, 0.1) is 6.61 Å². The first kappa shape index (κ1) is 8.87. The fourth-order valence-corrected chi connectivity index (χ4v) is 1.08. The summed E-state index contributed by atoms with van der Waals surface area (Å²) in [6.45, 7) is 2.17. The van der Waals surface area contributed by atoms with Crippen LogP contribution in [0, 0.1) is 6.92 Å². The molecule has 0 aromatic heterocycles. The van der Waals surface area contributed by atoms with E-state index in [-0.39, 0.29) is 11.5 Å². The van der Waals surface area contributed by atoms with Crippen LogP contribution < -0.4 is 0 Å². The van der Waals surface area contributed by atoms with E-state index in [4.69, 9.17) is 4.74 Å². The third-order valence-electron chi connectivity index (χ3n) is 1.65. The van der Waals surface area contributed by atoms with Crippen molar-refractivity contribution in [2.24, 2.45) is 0 Å². The fourth-order valence-electron chi connectivity index (χ4n) is 1.08. The van der Waals surface area contributed by atoms with Gasteiger partial charge in [-0.2, -0.15) is 0 Å². The van der Waals surface area contributed by atoms with Crippen LogP contribution in [-0.4, -0.2) is 17.3 Å². The van der Waals surface area contributed by atoms with Crippen LogP contribution in [0.3, 0.4) is 0 Å². The molecule has 2 N–H and O–H groups in total. The van der Waals surface area contributed by atoms with Crippen LogP contribution in [0.5, 0.6) is 11.5 Å². The monoisotopic (exact) mass is 168 g/mol. The van der Waals surface area contributed by atoms with Crippen LogP contribution >= 0.6 is 0 Å². The smallest absolute Gasteiger partial charge is 0.160 e. The van der Waals surface area contributed by atoms with Crippen molar-refractivity contribution in [1.82, 2.24) is 0 Å². The minimum atomic E-state index is -0.0953. The van der Waals surface area contributed by atoms with E-state index in [2.05, 4.69) is 0 Å². The van der Waals surface area contributed by atoms with E-state index in [0.29, 0.717) is 12.2 Å². The Bertz CT molecular complexity index is 258. The molecule has 0 aliphatic carbocycles. The Hall–Kier alpha value is -1.22. The minimum absolute atomic E-state index is 0.0603. The molecule has 0 bridgehead atoms. The molecular weight excluding hydrogens is 156 g/mol. The maximum atomic E-state index is 9.21. The van der Waals surface area contributed by atoms with E-state index in [1.807, 2.05) is 0 Å². The summed E-state index contributed by atoms with van der Waals surface area (Å²) in [5, 5.41) is 18.4. The number of phenols is 2. The lowest BCUT2D eigenvalue weighted by atomic mass is 10.1. The summed E-state index contributed by atoms with van der Waals surface area (Å²) in [4.78, 5) is 0. The van der Waals surface area contributed by atoms with Gasteiger partial charge in [-0.3, -0.25) is 0 Å². The number of methoxy groups -OCH3 is 1. The average molecular weight is 168 g/mol. The molecule has 0 aliphatic rings. The molecule has 1 aromatic rings. The molecule has 0 saturated carbocycles. The summed E-state index contributed by atoms with van der Waals surface area (Å²) in [6, 6.07) is 3.27. The number of phenolic OH excluding ortho intramolecular Hbond substituents is 2. The van der Waals surface area contributed by atoms with Crippen LogP contribution in [-0.2, 0) is 11.3 Å². The van der Waals surface area contributed by atoms with Crippen molar-refractivity contribution in [3.63, 3.8) is 0 Å². The van der Waals surface area contributed by atoms with Gasteiger partial charge in [0.15, 0.2) is 11.5 Å². The second-order valence-electron chi connectivity index (χ2n) is 2.71. The lowest BCUT2D eigenvalue weighted by Crippen LogP contribution is -1.88. The predicted octanol–water partition coefficient (Wildman–Crippen LogP) is 1.55. The van der Waals surface area contributed by atoms with Gasteiger partial charge in [-0.15, -0.1) is 0 Å². The fraction of sp³-hybridized carbons (Fsp3) is 0.333. The first-order valence-electron chi connectivity index (χ1n) is 3.65. The molecule has 0 radical (unpaired) electrons. The van der Waals surface area contributed by atoms with Crippen LogP contribution in [0.1, 0.15) is 11.1 Å². The zero-order valence-electron chi connectivity index (χ0n) is 7.16. The minimum Gasteiger partial charge on any atom is -0.504 e. The van der Waals surface area contributed by atoms with Gasteiger partial charge in [0.1, 0.15) is 0 Å². The Morgan fingerprint density at radius 1 is 1.33 bits per heavy atom. The van der Waals surface area contributed by atoms with Crippen LogP contribution in [0.15, 0.2) is 12.1 Å². The topological polar surface area (TPSA) is 49.7 Å². The SMILES string of the molecule is COCc1cc(C)c(O)c(O)c1. The van der Waals surface area contributed by atoms with Crippen LogP contribution in [0.2, 0.25) is 0 Å². The largest absolute Gasteiger partial charge is 0.504 e. The van der Waals surface area contributed by atoms with Crippen molar-refractivity contribution in [3.05, 3.63) is 23.3 Å². The standard InChI is InChI=1S/C9H12O3/c1-6-3-7(5-12-2)4-8(10)9(6)11/h3-4,10-11H,5H2,1-2H3. The summed E-state index contributed by atoms with van der Waals surface area (Å²) in [6.07, 6.45) is 0. The highest BCUT2D eigenvalue weighted by atomic mass is 16.5. The van der Waals surface area contributed by atoms with Crippen molar-refractivity contribution in [1.29, 1.82) is 0 Å². The van der Waals surface area contributed by atoms with Crippen LogP contribution in [0.25, 0.3) is 0 Å². The van der Waals surface area contributed by atoms with E-state index < -0.39 is 0 Å². The van der Waals surface area contributed by atoms with Gasteiger partial charge in [0, 0.05) is 7.11 Å². The Morgan fingerprint density at radius 2 is 2.00 bits per heavy atom. The third kappa shape index (κ3) is 1.68. The number of benzene rings is 1. The number of rotatable bonds is 2. The van der Waals surface area contributed by atoms with Gasteiger partial charge in [-0.05, 0) is 30.2 Å². The maximum absolute atomic E-state index is 9.21. The van der Waals surface area contributed by atoms with E-state index in [9.17, 15) is 10.2 Å². The van der Waals surface area contributed by atoms with E-state index >= 15 is 0 Å². The van der Waals surface area contributed by atoms with Crippen molar-refractivity contribution < 1.29 is 14.9 Å². The molecule has 3 heteroatoms. The zero-order chi connectivity index (χ0) is 9.14. The number of hydrogen-bond acceptors (Lipinski definition) is 3. The highest BCUT2D eigenvalue weighted by molar-refractivity contribution is 5.46. The third-order valence-corrected chi connectivity index (χ3v) is 1.65. The highest BCUT2D eigenvalue weighted by Gasteiger charge is 2.04. The maximum Gasteiger partial charge on any atom is 0.160 e. The first-order valence-corrected chi connectivity index (χ1v) is 3.65. The second-order valence-corrected chi connectivity index (χ2v) is 2.71. The van der Waals surface area contributed by atoms with Gasteiger partial charge in [-0.1, -0.05) is 0 Å². The molecule has 3 nitrogen and oxygen atoms in total. The Kier molecular flexibility index (Phi) is 2.55. The van der Waals surface area contributed by atoms with E-state index in [1.165, 1.54) is 6.07 Å². The molecule has 1 rings (SSSR count). The molecule has 0 spiro atoms. The second kappa shape index (κ2) is 3.45. The molecule has 0 heterocycles. The van der Waals surface area contributed by atoms with Gasteiger partial charge >= 0.3 is 0 Å². The number of ether oxygens (including phenoxy) is 1. The molecule has 0 atom stereocenters. The number of hydrogen-bond donors (Lipinski definition) is 2. The predicted molar refractivity (Wildman–Crippen MR) is 45.2 cm³/mol. The lowest BCUT2D eigenvalue weighted by Gasteiger charge is -2.05. The van der Waals surface area contributed by atoms with Crippen molar-refractivity contribution in [3.8, 4) is 11.5 Å². The Labute approximate surface area is 71.2 Å². The van der Waals surface area contributed by atoms with E-state index in [0.717, 1.165) is 5.56 Å². The summed E-state index contributed by atoms with van der Waals surface area (Å²) < 4.78 is 4.88. The highest BCUT2D eigenvalue weighted by Crippen LogP contribution is 2.29. The molecule has 0 saturated heterocycles. The van der Waals surface area contributed by atoms with Gasteiger partial charge in [-0.25, -0.2) is 0 Å². The molecule has 0 aliphatic heterocycles. The van der Waals surface area contributed by atoms with Crippen LogP contribution in [0.4, 0.5) is 0 Å². The molecule has 0 amide bonds. The van der Waals surface area contributed by atoms with Gasteiger partial charge in [0.25, 0.3) is 0 Å². The molecule has 12 heavy (non-hydrogen) atoms. The Balaban J connectivity index is 3.04. The molecule has 1 aromatic carbocycles. The number of aromatic hydroxyl groups is 2.